The van der Waals surface area contributed by atoms with Crippen molar-refractivity contribution in [3.05, 3.63) is 83.8 Å². The van der Waals surface area contributed by atoms with Gasteiger partial charge in [-0.1, -0.05) is 24.3 Å². The number of hydrazine groups is 1. The number of fused-ring (bicyclic) bond motifs is 2. The van der Waals surface area contributed by atoms with Gasteiger partial charge in [-0.05, 0) is 76.3 Å². The molecule has 0 radical (unpaired) electrons. The molecule has 3 saturated heterocycles. The number of aliphatic hydroxyl groups excluding tert-OH is 1. The second kappa shape index (κ2) is 23.9. The Kier molecular flexibility index (Phi) is 18.1. The van der Waals surface area contributed by atoms with Crippen LogP contribution in [0, 0.1) is 22.5 Å². The third-order valence-electron chi connectivity index (χ3n) is 14.6. The zero-order valence-corrected chi connectivity index (χ0v) is 43.2. The lowest BCUT2D eigenvalue weighted by atomic mass is 9.82. The quantitative estimate of drug-likeness (QED) is 0.0412. The van der Waals surface area contributed by atoms with E-state index in [0.29, 0.717) is 76.6 Å². The maximum absolute atomic E-state index is 16.4. The van der Waals surface area contributed by atoms with Gasteiger partial charge in [-0.15, -0.1) is 0 Å². The summed E-state index contributed by atoms with van der Waals surface area (Å²) in [5.74, 6) is -5.53. The molecule has 6 atom stereocenters. The molecule has 2 aromatic heterocycles. The summed E-state index contributed by atoms with van der Waals surface area (Å²) in [6, 6.07) is 2.81. The molecule has 3 aliphatic heterocycles. The largest absolute Gasteiger partial charge is 0.465 e. The fourth-order valence-corrected chi connectivity index (χ4v) is 9.71. The molecule has 29 heteroatoms. The van der Waals surface area contributed by atoms with Gasteiger partial charge in [-0.25, -0.2) is 42.1 Å². The molecule has 6 N–H and O–H groups in total. The molecule has 79 heavy (non-hydrogen) atoms. The molecule has 19 nitrogen and oxygen atoms in total. The lowest BCUT2D eigenvalue weighted by Crippen LogP contribution is -2.63. The van der Waals surface area contributed by atoms with Crippen LogP contribution >= 0.6 is 0 Å². The van der Waals surface area contributed by atoms with Crippen LogP contribution in [0.1, 0.15) is 51.7 Å². The first-order valence-electron chi connectivity index (χ1n) is 24.8. The van der Waals surface area contributed by atoms with Crippen LogP contribution in [-0.4, -0.2) is 165 Å². The maximum atomic E-state index is 16.4. The van der Waals surface area contributed by atoms with Crippen LogP contribution in [-0.2, 0) is 38.6 Å². The van der Waals surface area contributed by atoms with Gasteiger partial charge in [0.1, 0.15) is 30.3 Å². The van der Waals surface area contributed by atoms with Crippen molar-refractivity contribution in [2.24, 2.45) is 10.8 Å². The average molecular weight is 1130 g/mol. The van der Waals surface area contributed by atoms with Crippen molar-refractivity contribution in [1.29, 1.82) is 0 Å². The zero-order valence-electron chi connectivity index (χ0n) is 43.2. The third-order valence-corrected chi connectivity index (χ3v) is 14.6. The molecule has 0 saturated carbocycles. The summed E-state index contributed by atoms with van der Waals surface area (Å²) in [7, 11) is 0.808. The summed E-state index contributed by atoms with van der Waals surface area (Å²) >= 11 is 0. The number of alkyl carbamates (subject to hydrolysis) is 1. The second-order valence-electron chi connectivity index (χ2n) is 20.8. The van der Waals surface area contributed by atoms with Crippen LogP contribution in [0.2, 0.25) is 0 Å². The number of aliphatic hydroxyl groups is 1. The fraction of sp³-hybridized carbons (Fsp3) is 0.540. The number of hydrogen-bond donors (Lipinski definition) is 6. The van der Waals surface area contributed by atoms with Crippen LogP contribution in [0.25, 0.3) is 22.4 Å². The minimum Gasteiger partial charge on any atom is -0.465 e. The van der Waals surface area contributed by atoms with Gasteiger partial charge in [0.15, 0.2) is 0 Å². The number of carboxylic acid groups (broad SMARTS) is 1. The predicted octanol–water partition coefficient (Wildman–Crippen LogP) is 6.06. The van der Waals surface area contributed by atoms with Gasteiger partial charge in [0.2, 0.25) is 11.9 Å². The topological polar surface area (TPSA) is 229 Å². The lowest BCUT2D eigenvalue weighted by Gasteiger charge is -2.47. The van der Waals surface area contributed by atoms with Crippen molar-refractivity contribution >= 4 is 29.9 Å². The van der Waals surface area contributed by atoms with Crippen LogP contribution in [0.4, 0.5) is 59.4 Å². The molecule has 4 aromatic rings. The Morgan fingerprint density at radius 2 is 1.37 bits per heavy atom. The first kappa shape index (κ1) is 59.8. The number of halogens is 10. The number of carbonyl (C=O) groups is 4. The molecule has 3 fully saturated rings. The van der Waals surface area contributed by atoms with E-state index in [1.807, 2.05) is 15.6 Å². The molecular formula is C50H59F10N11O8. The van der Waals surface area contributed by atoms with E-state index in [1.165, 1.54) is 54.2 Å². The molecule has 7 rings (SSSR count). The second-order valence-corrected chi connectivity index (χ2v) is 20.8. The van der Waals surface area contributed by atoms with E-state index in [9.17, 15) is 64.5 Å². The number of piperazine rings is 1. The number of alkyl halides is 8. The molecule has 5 heterocycles. The first-order chi connectivity index (χ1) is 37.0. The van der Waals surface area contributed by atoms with E-state index in [0.717, 1.165) is 36.8 Å². The maximum Gasteiger partial charge on any atom is 0.407 e. The highest BCUT2D eigenvalue weighted by Gasteiger charge is 2.57. The standard InChI is InChI=1S/C50H59F10N11O8/c1-47(2,49(55,56)57)40(65-46(77)78-5)42(73)63-37(14-26-6-8-27(9-7-26)36-12-13-69(66-36)23-39(53)54)38(72)22-70(67-43(74)41(64-45(75)76)48(3,4)50(58,59)60)21-33-34(51)15-28(16-35(33)52)29-17-61-44(62-18-29)68-19-30-10-11-31(20-68)71(30)32-24-79-25-32/h6-9,12-13,15-18,30-32,37-41,64,72H,10-11,14,19-25H2,1-5H3,(H,63,73)(H,65,77)(H,67,74)(H,75,76). The fourth-order valence-electron chi connectivity index (χ4n) is 9.71. The Bertz CT molecular complexity index is 2760. The molecule has 0 aliphatic carbocycles. The van der Waals surface area contributed by atoms with Crippen LogP contribution in [0.15, 0.2) is 61.1 Å². The van der Waals surface area contributed by atoms with Gasteiger partial charge in [-0.2, -0.15) is 31.4 Å². The highest BCUT2D eigenvalue weighted by molar-refractivity contribution is 5.87. The number of aromatic nitrogens is 4. The number of amides is 4. The Labute approximate surface area is 446 Å². The van der Waals surface area contributed by atoms with Gasteiger partial charge < -0.3 is 40.5 Å². The predicted molar refractivity (Wildman–Crippen MR) is 261 cm³/mol. The van der Waals surface area contributed by atoms with Gasteiger partial charge in [0.25, 0.3) is 12.3 Å². The molecule has 2 aromatic carbocycles. The molecule has 4 amide bonds. The number of nitrogens with one attached hydrogen (secondary N) is 4. The van der Waals surface area contributed by atoms with Crippen molar-refractivity contribution in [2.75, 3.05) is 44.9 Å². The Morgan fingerprint density at radius 3 is 1.87 bits per heavy atom. The highest BCUT2D eigenvalue weighted by atomic mass is 19.4. The number of hydrogen-bond acceptors (Lipinski definition) is 13. The smallest absolute Gasteiger partial charge is 0.407 e. The van der Waals surface area contributed by atoms with E-state index in [2.05, 4.69) is 30.0 Å². The zero-order chi connectivity index (χ0) is 57.9. The van der Waals surface area contributed by atoms with Crippen molar-refractivity contribution < 1.29 is 82.8 Å². The first-order valence-corrected chi connectivity index (χ1v) is 24.8. The Balaban J connectivity index is 1.20. The third kappa shape index (κ3) is 13.8. The van der Waals surface area contributed by atoms with Gasteiger partial charge in [-0.3, -0.25) is 24.6 Å². The summed E-state index contributed by atoms with van der Waals surface area (Å²) in [6.07, 6.45) is -13.4. The van der Waals surface area contributed by atoms with E-state index < -0.39 is 121 Å². The van der Waals surface area contributed by atoms with Gasteiger partial charge in [0.05, 0.1) is 55.0 Å². The number of benzene rings is 2. The summed E-state index contributed by atoms with van der Waals surface area (Å²) in [5.41, 5.74) is -4.16. The summed E-state index contributed by atoms with van der Waals surface area (Å²) in [5, 5.41) is 31.8. The number of rotatable bonds is 21. The van der Waals surface area contributed by atoms with Crippen molar-refractivity contribution in [1.82, 2.24) is 51.0 Å². The number of nitrogens with zero attached hydrogens (tertiary/aromatic N) is 7. The highest BCUT2D eigenvalue weighted by Crippen LogP contribution is 2.42. The molecular weight excluding hydrogens is 1070 g/mol. The van der Waals surface area contributed by atoms with Gasteiger partial charge in [0, 0.05) is 73.5 Å². The van der Waals surface area contributed by atoms with Crippen molar-refractivity contribution in [3.63, 3.8) is 0 Å². The minimum atomic E-state index is -5.27. The van der Waals surface area contributed by atoms with Crippen LogP contribution < -0.4 is 26.3 Å². The van der Waals surface area contributed by atoms with Gasteiger partial charge >= 0.3 is 24.5 Å². The van der Waals surface area contributed by atoms with Crippen molar-refractivity contribution in [3.8, 4) is 22.4 Å². The molecule has 0 spiro atoms. The normalized spacial score (nSPS) is 18.9. The van der Waals surface area contributed by atoms with E-state index in [1.54, 1.807) is 0 Å². The number of ether oxygens (including phenoxy) is 2. The van der Waals surface area contributed by atoms with Crippen molar-refractivity contribution in [2.45, 2.75) is 121 Å². The minimum absolute atomic E-state index is 0.0688. The summed E-state index contributed by atoms with van der Waals surface area (Å²) in [6.45, 7) is 1.82. The molecule has 6 unspecified atom stereocenters. The summed E-state index contributed by atoms with van der Waals surface area (Å²) < 4.78 is 157. The summed E-state index contributed by atoms with van der Waals surface area (Å²) in [4.78, 5) is 65.6. The number of methoxy groups -OCH3 is 1. The molecule has 2 bridgehead atoms. The lowest BCUT2D eigenvalue weighted by molar-refractivity contribution is -0.221. The molecule has 432 valence electrons. The number of anilines is 1. The van der Waals surface area contributed by atoms with E-state index in [4.69, 9.17) is 4.74 Å². The molecule has 3 aliphatic rings. The Morgan fingerprint density at radius 1 is 0.797 bits per heavy atom. The Hall–Kier alpha value is -6.85. The average Bonchev–Trinajstić information content (AvgIpc) is 3.98. The van der Waals surface area contributed by atoms with Crippen LogP contribution in [0.3, 0.4) is 0 Å². The SMILES string of the molecule is COC(=O)NC(C(=O)NC(Cc1ccc(-c2ccn(CC(F)F)n2)cc1)C(O)CN(Cc1c(F)cc(-c2cnc(N3CC4CCC(C3)N4C3COC3)nc2)cc1F)NC(=O)C(NC(=O)O)C(C)(C)C(F)(F)F)C(C)(C)C(F)(F)F. The van der Waals surface area contributed by atoms with Crippen LogP contribution in [0.5, 0.6) is 0 Å². The monoisotopic (exact) mass is 1130 g/mol. The van der Waals surface area contributed by atoms with E-state index in [-0.39, 0.29) is 34.5 Å². The number of carbonyl (C=O) groups excluding carboxylic acids is 3. The van der Waals surface area contributed by atoms with E-state index >= 15 is 8.78 Å².